The lowest BCUT2D eigenvalue weighted by molar-refractivity contribution is -0.117. The van der Waals surface area contributed by atoms with Gasteiger partial charge in [0.2, 0.25) is 5.91 Å². The van der Waals surface area contributed by atoms with Gasteiger partial charge in [0, 0.05) is 10.9 Å². The normalized spacial score (nSPS) is 10.5. The zero-order chi connectivity index (χ0) is 13.0. The monoisotopic (exact) mass is 260 g/mol. The van der Waals surface area contributed by atoms with Gasteiger partial charge in [-0.1, -0.05) is 37.6 Å². The molecule has 1 aromatic heterocycles. The maximum Gasteiger partial charge on any atom is 0.224 e. The van der Waals surface area contributed by atoms with Gasteiger partial charge in [-0.2, -0.15) is 0 Å². The summed E-state index contributed by atoms with van der Waals surface area (Å²) in [6, 6.07) is 8.42. The minimum atomic E-state index is -0.339. The Bertz CT molecular complexity index is 531. The number of aromatic nitrogens is 1. The molecule has 4 heteroatoms. The standard InChI is InChI=1S/C14H16N2OS/c1-2-3-10-4-6-11(7-5-10)12-9-18-14(16-12)8-13(15)17/h4-7,9H,2-3,8H2,1H3,(H2,15,17). The average molecular weight is 260 g/mol. The average Bonchev–Trinajstić information content (AvgIpc) is 2.78. The van der Waals surface area contributed by atoms with Crippen molar-refractivity contribution >= 4 is 17.2 Å². The van der Waals surface area contributed by atoms with E-state index in [1.807, 2.05) is 5.38 Å². The second-order valence-electron chi connectivity index (χ2n) is 4.22. The molecule has 0 aliphatic carbocycles. The maximum absolute atomic E-state index is 10.8. The minimum absolute atomic E-state index is 0.221. The van der Waals surface area contributed by atoms with Crippen LogP contribution in [0.15, 0.2) is 29.6 Å². The molecule has 0 spiro atoms. The molecule has 0 atom stereocenters. The first-order valence-corrected chi connectivity index (χ1v) is 6.89. The number of amides is 1. The molecule has 0 saturated carbocycles. The van der Waals surface area contributed by atoms with Crippen LogP contribution < -0.4 is 5.73 Å². The molecule has 18 heavy (non-hydrogen) atoms. The Morgan fingerprint density at radius 1 is 1.33 bits per heavy atom. The quantitative estimate of drug-likeness (QED) is 0.898. The van der Waals surface area contributed by atoms with E-state index in [9.17, 15) is 4.79 Å². The minimum Gasteiger partial charge on any atom is -0.369 e. The van der Waals surface area contributed by atoms with Gasteiger partial charge >= 0.3 is 0 Å². The highest BCUT2D eigenvalue weighted by Gasteiger charge is 2.06. The highest BCUT2D eigenvalue weighted by Crippen LogP contribution is 2.22. The van der Waals surface area contributed by atoms with Crippen LogP contribution in [0.4, 0.5) is 0 Å². The zero-order valence-corrected chi connectivity index (χ0v) is 11.2. The van der Waals surface area contributed by atoms with Gasteiger partial charge < -0.3 is 5.73 Å². The fourth-order valence-corrected chi connectivity index (χ4v) is 2.62. The Labute approximate surface area is 111 Å². The number of hydrogen-bond acceptors (Lipinski definition) is 3. The Morgan fingerprint density at radius 3 is 2.67 bits per heavy atom. The van der Waals surface area contributed by atoms with E-state index in [2.05, 4.69) is 36.2 Å². The molecule has 2 aromatic rings. The summed E-state index contributed by atoms with van der Waals surface area (Å²) in [5, 5.41) is 2.74. The molecule has 1 amide bonds. The number of thiazole rings is 1. The first-order valence-electron chi connectivity index (χ1n) is 6.01. The number of aryl methyl sites for hydroxylation is 1. The van der Waals surface area contributed by atoms with E-state index >= 15 is 0 Å². The molecular weight excluding hydrogens is 244 g/mol. The summed E-state index contributed by atoms with van der Waals surface area (Å²) >= 11 is 1.48. The fourth-order valence-electron chi connectivity index (χ4n) is 1.80. The van der Waals surface area contributed by atoms with Crippen LogP contribution in [-0.4, -0.2) is 10.9 Å². The van der Waals surface area contributed by atoms with Crippen LogP contribution in [0, 0.1) is 0 Å². The van der Waals surface area contributed by atoms with E-state index in [1.165, 1.54) is 16.9 Å². The predicted octanol–water partition coefficient (Wildman–Crippen LogP) is 2.79. The molecule has 0 aliphatic rings. The van der Waals surface area contributed by atoms with Crippen molar-refractivity contribution in [2.75, 3.05) is 0 Å². The predicted molar refractivity (Wildman–Crippen MR) is 74.4 cm³/mol. The molecular formula is C14H16N2OS. The van der Waals surface area contributed by atoms with Crippen LogP contribution in [-0.2, 0) is 17.6 Å². The lowest BCUT2D eigenvalue weighted by Crippen LogP contribution is -2.13. The molecule has 0 fully saturated rings. The summed E-state index contributed by atoms with van der Waals surface area (Å²) in [5.74, 6) is -0.339. The van der Waals surface area contributed by atoms with Gasteiger partial charge in [0.25, 0.3) is 0 Å². The molecule has 2 rings (SSSR count). The van der Waals surface area contributed by atoms with Crippen molar-refractivity contribution in [2.24, 2.45) is 5.73 Å². The lowest BCUT2D eigenvalue weighted by atomic mass is 10.1. The first-order chi connectivity index (χ1) is 8.69. The van der Waals surface area contributed by atoms with E-state index in [1.54, 1.807) is 0 Å². The first kappa shape index (κ1) is 12.8. The molecule has 94 valence electrons. The van der Waals surface area contributed by atoms with Crippen molar-refractivity contribution in [3.63, 3.8) is 0 Å². The summed E-state index contributed by atoms with van der Waals surface area (Å²) in [4.78, 5) is 15.2. The Morgan fingerprint density at radius 2 is 2.06 bits per heavy atom. The van der Waals surface area contributed by atoms with Gasteiger partial charge in [0.05, 0.1) is 12.1 Å². The third-order valence-electron chi connectivity index (χ3n) is 2.67. The third-order valence-corrected chi connectivity index (χ3v) is 3.51. The highest BCUT2D eigenvalue weighted by atomic mass is 32.1. The lowest BCUT2D eigenvalue weighted by Gasteiger charge is -2.00. The van der Waals surface area contributed by atoms with Crippen molar-refractivity contribution in [2.45, 2.75) is 26.2 Å². The maximum atomic E-state index is 10.8. The van der Waals surface area contributed by atoms with Crippen molar-refractivity contribution in [3.8, 4) is 11.3 Å². The van der Waals surface area contributed by atoms with Crippen molar-refractivity contribution in [3.05, 3.63) is 40.2 Å². The Balaban J connectivity index is 2.15. The fraction of sp³-hybridized carbons (Fsp3) is 0.286. The van der Waals surface area contributed by atoms with Crippen LogP contribution in [0.25, 0.3) is 11.3 Å². The topological polar surface area (TPSA) is 56.0 Å². The molecule has 1 aromatic carbocycles. The van der Waals surface area contributed by atoms with E-state index in [0.29, 0.717) is 0 Å². The Kier molecular flexibility index (Phi) is 4.10. The largest absolute Gasteiger partial charge is 0.369 e. The number of benzene rings is 1. The van der Waals surface area contributed by atoms with Gasteiger partial charge in [-0.15, -0.1) is 11.3 Å². The van der Waals surface area contributed by atoms with Gasteiger partial charge in [0.15, 0.2) is 0 Å². The van der Waals surface area contributed by atoms with Crippen LogP contribution in [0.2, 0.25) is 0 Å². The van der Waals surface area contributed by atoms with Gasteiger partial charge in [-0.25, -0.2) is 4.98 Å². The smallest absolute Gasteiger partial charge is 0.224 e. The number of carbonyl (C=O) groups is 1. The summed E-state index contributed by atoms with van der Waals surface area (Å²) in [7, 11) is 0. The molecule has 0 saturated heterocycles. The number of nitrogens with zero attached hydrogens (tertiary/aromatic N) is 1. The summed E-state index contributed by atoms with van der Waals surface area (Å²) in [6.45, 7) is 2.17. The van der Waals surface area contributed by atoms with E-state index in [-0.39, 0.29) is 12.3 Å². The molecule has 0 radical (unpaired) electrons. The molecule has 0 bridgehead atoms. The second kappa shape index (κ2) is 5.78. The van der Waals surface area contributed by atoms with Crippen LogP contribution >= 0.6 is 11.3 Å². The third kappa shape index (κ3) is 3.17. The number of primary amides is 1. The SMILES string of the molecule is CCCc1ccc(-c2csc(CC(N)=O)n2)cc1. The molecule has 0 aliphatic heterocycles. The summed E-state index contributed by atoms with van der Waals surface area (Å²) < 4.78 is 0. The number of hydrogen-bond donors (Lipinski definition) is 1. The summed E-state index contributed by atoms with van der Waals surface area (Å²) in [6.07, 6.45) is 2.47. The zero-order valence-electron chi connectivity index (χ0n) is 10.3. The van der Waals surface area contributed by atoms with Gasteiger partial charge in [-0.3, -0.25) is 4.79 Å². The van der Waals surface area contributed by atoms with Crippen LogP contribution in [0.5, 0.6) is 0 Å². The number of nitrogens with two attached hydrogens (primary N) is 1. The van der Waals surface area contributed by atoms with Crippen LogP contribution in [0.3, 0.4) is 0 Å². The Hall–Kier alpha value is -1.68. The second-order valence-corrected chi connectivity index (χ2v) is 5.16. The van der Waals surface area contributed by atoms with E-state index < -0.39 is 0 Å². The summed E-state index contributed by atoms with van der Waals surface area (Å²) in [5.41, 5.74) is 8.50. The molecule has 3 nitrogen and oxygen atoms in total. The van der Waals surface area contributed by atoms with Gasteiger partial charge in [0.1, 0.15) is 5.01 Å². The molecule has 2 N–H and O–H groups in total. The van der Waals surface area contributed by atoms with E-state index in [4.69, 9.17) is 5.73 Å². The number of carbonyl (C=O) groups excluding carboxylic acids is 1. The highest BCUT2D eigenvalue weighted by molar-refractivity contribution is 7.10. The molecule has 0 unspecified atom stereocenters. The van der Waals surface area contributed by atoms with E-state index in [0.717, 1.165) is 29.1 Å². The van der Waals surface area contributed by atoms with Gasteiger partial charge in [-0.05, 0) is 12.0 Å². The van der Waals surface area contributed by atoms with Crippen molar-refractivity contribution < 1.29 is 4.79 Å². The number of rotatable bonds is 5. The van der Waals surface area contributed by atoms with Crippen molar-refractivity contribution in [1.82, 2.24) is 4.98 Å². The molecule has 1 heterocycles. The van der Waals surface area contributed by atoms with Crippen molar-refractivity contribution in [1.29, 1.82) is 0 Å². The van der Waals surface area contributed by atoms with Crippen LogP contribution in [0.1, 0.15) is 23.9 Å².